The fraction of sp³-hybridized carbons (Fsp3) is 0.579. The van der Waals surface area contributed by atoms with Crippen molar-refractivity contribution in [2.24, 2.45) is 0 Å². The van der Waals surface area contributed by atoms with Crippen molar-refractivity contribution < 1.29 is 14.3 Å². The van der Waals surface area contributed by atoms with E-state index in [0.29, 0.717) is 19.1 Å². The molecule has 1 aromatic rings. The highest BCUT2D eigenvalue weighted by Crippen LogP contribution is 2.25. The summed E-state index contributed by atoms with van der Waals surface area (Å²) in [6.07, 6.45) is 2.52. The van der Waals surface area contributed by atoms with Crippen molar-refractivity contribution in [2.75, 3.05) is 32.8 Å². The van der Waals surface area contributed by atoms with Gasteiger partial charge in [-0.25, -0.2) is 0 Å². The molecule has 1 N–H and O–H groups in total. The lowest BCUT2D eigenvalue weighted by molar-refractivity contribution is -0.155. The molecule has 2 fully saturated rings. The topological polar surface area (TPSA) is 61.9 Å². The van der Waals surface area contributed by atoms with Crippen LogP contribution in [0.5, 0.6) is 0 Å². The molecule has 6 heteroatoms. The Bertz CT molecular complexity index is 589. The third kappa shape index (κ3) is 4.80. The lowest BCUT2D eigenvalue weighted by atomic mass is 10.1. The number of likely N-dealkylation sites (N-methyl/N-ethyl adjacent to an activating group) is 1. The zero-order chi connectivity index (χ0) is 17.6. The summed E-state index contributed by atoms with van der Waals surface area (Å²) in [6.45, 7) is 5.35. The maximum atomic E-state index is 12.6. The normalized spacial score (nSPS) is 20.8. The Morgan fingerprint density at radius 1 is 1.32 bits per heavy atom. The first-order valence-corrected chi connectivity index (χ1v) is 9.12. The van der Waals surface area contributed by atoms with Gasteiger partial charge in [0.2, 0.25) is 11.8 Å². The van der Waals surface area contributed by atoms with Gasteiger partial charge in [0.05, 0.1) is 6.61 Å². The SMILES string of the molecule is CCN(CCNC(=O)[C@H]1COCC(=O)N1Cc1ccccc1)C1CC1. The molecule has 2 amide bonds. The van der Waals surface area contributed by atoms with Crippen LogP contribution in [0.15, 0.2) is 30.3 Å². The second-order valence-corrected chi connectivity index (χ2v) is 6.69. The molecule has 0 bridgehead atoms. The summed E-state index contributed by atoms with van der Waals surface area (Å²) in [5, 5.41) is 2.98. The fourth-order valence-corrected chi connectivity index (χ4v) is 3.28. The van der Waals surface area contributed by atoms with Crippen LogP contribution in [0.25, 0.3) is 0 Å². The molecule has 6 nitrogen and oxygen atoms in total. The maximum absolute atomic E-state index is 12.6. The number of benzene rings is 1. The van der Waals surface area contributed by atoms with Gasteiger partial charge in [-0.3, -0.25) is 14.5 Å². The molecule has 1 heterocycles. The Morgan fingerprint density at radius 3 is 2.76 bits per heavy atom. The first-order valence-electron chi connectivity index (χ1n) is 9.12. The minimum Gasteiger partial charge on any atom is -0.369 e. The summed E-state index contributed by atoms with van der Waals surface area (Å²) in [5.74, 6) is -0.265. The van der Waals surface area contributed by atoms with E-state index in [1.165, 1.54) is 12.8 Å². The number of nitrogens with zero attached hydrogens (tertiary/aromatic N) is 2. The molecular weight excluding hydrogens is 318 g/mol. The van der Waals surface area contributed by atoms with Crippen molar-refractivity contribution in [1.29, 1.82) is 0 Å². The molecule has 25 heavy (non-hydrogen) atoms. The van der Waals surface area contributed by atoms with Crippen molar-refractivity contribution in [3.05, 3.63) is 35.9 Å². The van der Waals surface area contributed by atoms with Gasteiger partial charge in [0.1, 0.15) is 12.6 Å². The van der Waals surface area contributed by atoms with E-state index in [9.17, 15) is 9.59 Å². The van der Waals surface area contributed by atoms with E-state index in [1.54, 1.807) is 4.90 Å². The van der Waals surface area contributed by atoms with Gasteiger partial charge in [0, 0.05) is 25.7 Å². The zero-order valence-corrected chi connectivity index (χ0v) is 14.8. The Kier molecular flexibility index (Phi) is 6.04. The van der Waals surface area contributed by atoms with Crippen LogP contribution < -0.4 is 5.32 Å². The van der Waals surface area contributed by atoms with E-state index in [4.69, 9.17) is 4.74 Å². The van der Waals surface area contributed by atoms with Gasteiger partial charge in [-0.2, -0.15) is 0 Å². The van der Waals surface area contributed by atoms with Gasteiger partial charge in [-0.15, -0.1) is 0 Å². The third-order valence-electron chi connectivity index (χ3n) is 4.86. The quantitative estimate of drug-likeness (QED) is 0.764. The number of nitrogens with one attached hydrogen (secondary N) is 1. The Balaban J connectivity index is 1.55. The number of amides is 2. The van der Waals surface area contributed by atoms with E-state index < -0.39 is 6.04 Å². The van der Waals surface area contributed by atoms with E-state index >= 15 is 0 Å². The molecule has 0 spiro atoms. The van der Waals surface area contributed by atoms with E-state index in [-0.39, 0.29) is 25.0 Å². The molecule has 0 aromatic heterocycles. The molecule has 1 saturated carbocycles. The molecule has 1 aliphatic carbocycles. The highest BCUT2D eigenvalue weighted by molar-refractivity contribution is 5.89. The molecule has 136 valence electrons. The number of hydrogen-bond donors (Lipinski definition) is 1. The molecule has 1 aliphatic heterocycles. The zero-order valence-electron chi connectivity index (χ0n) is 14.8. The standard InChI is InChI=1S/C19H27N3O3/c1-2-21(16-8-9-16)11-10-20-19(24)17-13-25-14-18(23)22(17)12-15-6-4-3-5-7-15/h3-7,16-17H,2,8-14H2,1H3,(H,20,24)/t17-/m1/s1. The van der Waals surface area contributed by atoms with Crippen LogP contribution in [0.1, 0.15) is 25.3 Å². The maximum Gasteiger partial charge on any atom is 0.249 e. The predicted octanol–water partition coefficient (Wildman–Crippen LogP) is 1.01. The van der Waals surface area contributed by atoms with Gasteiger partial charge < -0.3 is 15.0 Å². The highest BCUT2D eigenvalue weighted by Gasteiger charge is 2.34. The molecule has 1 atom stereocenters. The minimum atomic E-state index is -0.558. The molecule has 3 rings (SSSR count). The number of carbonyl (C=O) groups excluding carboxylic acids is 2. The van der Waals surface area contributed by atoms with Crippen molar-refractivity contribution in [2.45, 2.75) is 38.4 Å². The smallest absolute Gasteiger partial charge is 0.249 e. The first kappa shape index (κ1) is 17.9. The molecule has 0 unspecified atom stereocenters. The lowest BCUT2D eigenvalue weighted by Gasteiger charge is -2.34. The summed E-state index contributed by atoms with van der Waals surface area (Å²) >= 11 is 0. The molecule has 1 aromatic carbocycles. The van der Waals surface area contributed by atoms with Crippen LogP contribution in [-0.4, -0.2) is 66.5 Å². The Morgan fingerprint density at radius 2 is 2.08 bits per heavy atom. The number of rotatable bonds is 8. The molecule has 1 saturated heterocycles. The summed E-state index contributed by atoms with van der Waals surface area (Å²) in [6, 6.07) is 9.88. The number of hydrogen-bond acceptors (Lipinski definition) is 4. The highest BCUT2D eigenvalue weighted by atomic mass is 16.5. The monoisotopic (exact) mass is 345 g/mol. The largest absolute Gasteiger partial charge is 0.369 e. The fourth-order valence-electron chi connectivity index (χ4n) is 3.28. The molecular formula is C19H27N3O3. The summed E-state index contributed by atoms with van der Waals surface area (Å²) in [4.78, 5) is 28.9. The lowest BCUT2D eigenvalue weighted by Crippen LogP contribution is -2.56. The minimum absolute atomic E-state index is 0.0436. The average Bonchev–Trinajstić information content (AvgIpc) is 3.46. The second-order valence-electron chi connectivity index (χ2n) is 6.69. The number of ether oxygens (including phenoxy) is 1. The van der Waals surface area contributed by atoms with Crippen LogP contribution in [0.2, 0.25) is 0 Å². The third-order valence-corrected chi connectivity index (χ3v) is 4.86. The van der Waals surface area contributed by atoms with Crippen LogP contribution >= 0.6 is 0 Å². The number of morpholine rings is 1. The average molecular weight is 345 g/mol. The first-order chi connectivity index (χ1) is 12.2. The Labute approximate surface area is 149 Å². The summed E-state index contributed by atoms with van der Waals surface area (Å²) < 4.78 is 5.32. The molecule has 2 aliphatic rings. The van der Waals surface area contributed by atoms with E-state index in [0.717, 1.165) is 18.7 Å². The van der Waals surface area contributed by atoms with Crippen molar-refractivity contribution in [3.8, 4) is 0 Å². The van der Waals surface area contributed by atoms with Crippen LogP contribution in [0.4, 0.5) is 0 Å². The van der Waals surface area contributed by atoms with Crippen molar-refractivity contribution in [1.82, 2.24) is 15.1 Å². The van der Waals surface area contributed by atoms with Crippen molar-refractivity contribution in [3.63, 3.8) is 0 Å². The summed E-state index contributed by atoms with van der Waals surface area (Å²) in [7, 11) is 0. The van der Waals surface area contributed by atoms with Gasteiger partial charge in [0.15, 0.2) is 0 Å². The van der Waals surface area contributed by atoms with Gasteiger partial charge in [-0.1, -0.05) is 37.3 Å². The van der Waals surface area contributed by atoms with Crippen LogP contribution in [-0.2, 0) is 20.9 Å². The van der Waals surface area contributed by atoms with E-state index in [1.807, 2.05) is 30.3 Å². The van der Waals surface area contributed by atoms with Crippen LogP contribution in [0.3, 0.4) is 0 Å². The number of carbonyl (C=O) groups is 2. The van der Waals surface area contributed by atoms with Crippen molar-refractivity contribution >= 4 is 11.8 Å². The van der Waals surface area contributed by atoms with Gasteiger partial charge in [-0.05, 0) is 24.9 Å². The Hall–Kier alpha value is -1.92. The predicted molar refractivity (Wildman–Crippen MR) is 94.9 cm³/mol. The van der Waals surface area contributed by atoms with E-state index in [2.05, 4.69) is 17.1 Å². The van der Waals surface area contributed by atoms with Crippen LogP contribution in [0, 0.1) is 0 Å². The molecule has 0 radical (unpaired) electrons. The summed E-state index contributed by atoms with van der Waals surface area (Å²) in [5.41, 5.74) is 1.02. The van der Waals surface area contributed by atoms with Gasteiger partial charge >= 0.3 is 0 Å². The van der Waals surface area contributed by atoms with Gasteiger partial charge in [0.25, 0.3) is 0 Å². The second kappa shape index (κ2) is 8.45.